The summed E-state index contributed by atoms with van der Waals surface area (Å²) in [6, 6.07) is 9.70. The molecule has 0 aliphatic carbocycles. The fraction of sp³-hybridized carbons (Fsp3) is 0.400. The summed E-state index contributed by atoms with van der Waals surface area (Å²) in [5.74, 6) is 1.12. The van der Waals surface area contributed by atoms with Crippen LogP contribution in [0.3, 0.4) is 0 Å². The van der Waals surface area contributed by atoms with E-state index in [2.05, 4.69) is 5.10 Å². The quantitative estimate of drug-likeness (QED) is 0.729. The number of hydrogen-bond donors (Lipinski definition) is 0. The molecule has 2 aromatic rings. The van der Waals surface area contributed by atoms with E-state index < -0.39 is 0 Å². The van der Waals surface area contributed by atoms with E-state index in [0.717, 1.165) is 34.4 Å². The lowest BCUT2D eigenvalue weighted by molar-refractivity contribution is -0.126. The number of anilines is 1. The number of fused-ring (bicyclic) bond motifs is 1. The molecule has 4 rings (SSSR count). The first-order chi connectivity index (χ1) is 15.3. The first-order valence-electron chi connectivity index (χ1n) is 10.9. The normalized spacial score (nSPS) is 18.2. The zero-order valence-electron chi connectivity index (χ0n) is 19.3. The third-order valence-corrected chi connectivity index (χ3v) is 6.32. The molecule has 2 aliphatic heterocycles. The van der Waals surface area contributed by atoms with Gasteiger partial charge in [0.05, 0.1) is 25.9 Å². The predicted molar refractivity (Wildman–Crippen MR) is 123 cm³/mol. The van der Waals surface area contributed by atoms with Gasteiger partial charge in [0.2, 0.25) is 5.91 Å². The summed E-state index contributed by atoms with van der Waals surface area (Å²) < 4.78 is 10.9. The molecule has 7 nitrogen and oxygen atoms in total. The van der Waals surface area contributed by atoms with Gasteiger partial charge < -0.3 is 14.4 Å². The zero-order chi connectivity index (χ0) is 23.0. The lowest BCUT2D eigenvalue weighted by atomic mass is 9.92. The molecule has 0 spiro atoms. The van der Waals surface area contributed by atoms with Crippen molar-refractivity contribution in [3.8, 4) is 11.5 Å². The van der Waals surface area contributed by atoms with Gasteiger partial charge in [0, 0.05) is 19.4 Å². The Hall–Kier alpha value is -3.35. The minimum atomic E-state index is -0.138. The molecule has 168 valence electrons. The molecule has 0 radical (unpaired) electrons. The van der Waals surface area contributed by atoms with E-state index in [9.17, 15) is 9.59 Å². The highest BCUT2D eigenvalue weighted by molar-refractivity contribution is 6.40. The van der Waals surface area contributed by atoms with E-state index in [-0.39, 0.29) is 24.3 Å². The van der Waals surface area contributed by atoms with Crippen molar-refractivity contribution in [3.63, 3.8) is 0 Å². The molecule has 0 saturated heterocycles. The fourth-order valence-corrected chi connectivity index (χ4v) is 4.43. The molecule has 0 fully saturated rings. The second-order valence-electron chi connectivity index (χ2n) is 8.37. The number of benzene rings is 2. The summed E-state index contributed by atoms with van der Waals surface area (Å²) >= 11 is 0. The Morgan fingerprint density at radius 3 is 2.47 bits per heavy atom. The summed E-state index contributed by atoms with van der Waals surface area (Å²) in [5.41, 5.74) is 5.33. The number of nitrogens with zero attached hydrogens (tertiary/aromatic N) is 3. The van der Waals surface area contributed by atoms with Crippen molar-refractivity contribution in [2.45, 2.75) is 46.1 Å². The Morgan fingerprint density at radius 2 is 1.75 bits per heavy atom. The van der Waals surface area contributed by atoms with Crippen molar-refractivity contribution >= 4 is 23.2 Å². The molecule has 1 atom stereocenters. The minimum Gasteiger partial charge on any atom is -0.493 e. The Kier molecular flexibility index (Phi) is 5.91. The molecule has 0 saturated carbocycles. The highest BCUT2D eigenvalue weighted by Gasteiger charge is 2.34. The first kappa shape index (κ1) is 21.9. The van der Waals surface area contributed by atoms with E-state index in [1.54, 1.807) is 14.2 Å². The largest absolute Gasteiger partial charge is 0.493 e. The van der Waals surface area contributed by atoms with Gasteiger partial charge in [0.1, 0.15) is 5.71 Å². The molecule has 7 heteroatoms. The fourth-order valence-electron chi connectivity index (χ4n) is 4.43. The van der Waals surface area contributed by atoms with Gasteiger partial charge in [-0.3, -0.25) is 9.59 Å². The van der Waals surface area contributed by atoms with Gasteiger partial charge in [-0.1, -0.05) is 12.1 Å². The van der Waals surface area contributed by atoms with E-state index in [4.69, 9.17) is 9.47 Å². The van der Waals surface area contributed by atoms with Crippen molar-refractivity contribution < 1.29 is 19.1 Å². The topological polar surface area (TPSA) is 71.4 Å². The lowest BCUT2D eigenvalue weighted by Gasteiger charge is -2.36. The van der Waals surface area contributed by atoms with Crippen LogP contribution in [-0.2, 0) is 16.0 Å². The smallest absolute Gasteiger partial charge is 0.270 e. The van der Waals surface area contributed by atoms with Gasteiger partial charge in [0.15, 0.2) is 11.5 Å². The number of hydrazone groups is 1. The van der Waals surface area contributed by atoms with Crippen LogP contribution in [0, 0.1) is 13.8 Å². The SMILES string of the molecule is COc1cc2c(cc1OC)C(C)N(C(=O)C1=NN(c3cc(C)ccc3C)C(=O)CC1)CC2. The molecule has 2 amide bonds. The Morgan fingerprint density at radius 1 is 1.03 bits per heavy atom. The van der Waals surface area contributed by atoms with Crippen LogP contribution in [0.25, 0.3) is 0 Å². The summed E-state index contributed by atoms with van der Waals surface area (Å²) in [6.45, 7) is 6.51. The molecule has 2 aromatic carbocycles. The van der Waals surface area contributed by atoms with Gasteiger partial charge >= 0.3 is 0 Å². The Labute approximate surface area is 188 Å². The summed E-state index contributed by atoms with van der Waals surface area (Å²) in [6.07, 6.45) is 1.33. The van der Waals surface area contributed by atoms with Crippen molar-refractivity contribution in [2.75, 3.05) is 25.8 Å². The van der Waals surface area contributed by atoms with Crippen LogP contribution in [0.15, 0.2) is 35.4 Å². The number of hydrogen-bond acceptors (Lipinski definition) is 5. The average molecular weight is 436 g/mol. The van der Waals surface area contributed by atoms with Crippen LogP contribution in [0.1, 0.15) is 48.1 Å². The predicted octanol–water partition coefficient (Wildman–Crippen LogP) is 3.95. The molecule has 32 heavy (non-hydrogen) atoms. The van der Waals surface area contributed by atoms with Gasteiger partial charge in [-0.05, 0) is 67.6 Å². The van der Waals surface area contributed by atoms with Gasteiger partial charge in [-0.25, -0.2) is 5.01 Å². The molecule has 0 bridgehead atoms. The van der Waals surface area contributed by atoms with Crippen molar-refractivity contribution in [1.82, 2.24) is 4.90 Å². The van der Waals surface area contributed by atoms with Crippen LogP contribution in [-0.4, -0.2) is 43.2 Å². The number of ether oxygens (including phenoxy) is 2. The maximum absolute atomic E-state index is 13.5. The first-order valence-corrected chi connectivity index (χ1v) is 10.9. The number of carbonyl (C=O) groups is 2. The summed E-state index contributed by atoms with van der Waals surface area (Å²) in [4.78, 5) is 28.0. The third-order valence-electron chi connectivity index (χ3n) is 6.32. The average Bonchev–Trinajstić information content (AvgIpc) is 2.80. The van der Waals surface area contributed by atoms with Crippen LogP contribution in [0.4, 0.5) is 5.69 Å². The van der Waals surface area contributed by atoms with E-state index in [1.807, 2.05) is 56.0 Å². The third kappa shape index (κ3) is 3.83. The number of rotatable bonds is 4. The highest BCUT2D eigenvalue weighted by Crippen LogP contribution is 2.38. The maximum atomic E-state index is 13.5. The lowest BCUT2D eigenvalue weighted by Crippen LogP contribution is -2.45. The number of amides is 2. The zero-order valence-corrected chi connectivity index (χ0v) is 19.3. The van der Waals surface area contributed by atoms with Gasteiger partial charge in [-0.15, -0.1) is 0 Å². The number of aryl methyl sites for hydroxylation is 2. The highest BCUT2D eigenvalue weighted by atomic mass is 16.5. The standard InChI is InChI=1S/C25H29N3O4/c1-15-6-7-16(2)21(12-15)28-24(29)9-8-20(26-28)25(30)27-11-10-18-13-22(31-4)23(32-5)14-19(18)17(27)3/h6-7,12-14,17H,8-11H2,1-5H3. The Balaban J connectivity index is 1.64. The van der Waals surface area contributed by atoms with Crippen molar-refractivity contribution in [2.24, 2.45) is 5.10 Å². The molecule has 2 aliphatic rings. The van der Waals surface area contributed by atoms with Gasteiger partial charge in [-0.2, -0.15) is 5.10 Å². The van der Waals surface area contributed by atoms with Gasteiger partial charge in [0.25, 0.3) is 5.91 Å². The summed E-state index contributed by atoms with van der Waals surface area (Å²) in [5, 5.41) is 5.92. The van der Waals surface area contributed by atoms with E-state index >= 15 is 0 Å². The van der Waals surface area contributed by atoms with E-state index in [0.29, 0.717) is 30.2 Å². The summed E-state index contributed by atoms with van der Waals surface area (Å²) in [7, 11) is 3.23. The molecular formula is C25H29N3O4. The minimum absolute atomic E-state index is 0.0934. The number of methoxy groups -OCH3 is 2. The van der Waals surface area contributed by atoms with Crippen LogP contribution in [0.5, 0.6) is 11.5 Å². The van der Waals surface area contributed by atoms with E-state index in [1.165, 1.54) is 5.01 Å². The number of carbonyl (C=O) groups excluding carboxylic acids is 2. The molecule has 1 unspecified atom stereocenters. The van der Waals surface area contributed by atoms with Crippen molar-refractivity contribution in [3.05, 3.63) is 52.6 Å². The maximum Gasteiger partial charge on any atom is 0.270 e. The molecule has 0 aromatic heterocycles. The molecular weight excluding hydrogens is 406 g/mol. The Bertz CT molecular complexity index is 1110. The van der Waals surface area contributed by atoms with Crippen LogP contribution < -0.4 is 14.5 Å². The molecule has 0 N–H and O–H groups in total. The van der Waals surface area contributed by atoms with Crippen molar-refractivity contribution in [1.29, 1.82) is 0 Å². The molecule has 2 heterocycles. The second-order valence-corrected chi connectivity index (χ2v) is 8.37. The second kappa shape index (κ2) is 8.65. The van der Waals surface area contributed by atoms with Crippen LogP contribution >= 0.6 is 0 Å². The monoisotopic (exact) mass is 435 g/mol. The van der Waals surface area contributed by atoms with Crippen LogP contribution in [0.2, 0.25) is 0 Å².